The third kappa shape index (κ3) is 9.01. The average Bonchev–Trinajstić information content (AvgIpc) is 2.54. The Kier molecular flexibility index (Phi) is 11.7. The van der Waals surface area contributed by atoms with E-state index < -0.39 is 5.97 Å². The molecule has 0 saturated carbocycles. The zero-order valence-corrected chi connectivity index (χ0v) is 14.1. The van der Waals surface area contributed by atoms with E-state index in [1.807, 2.05) is 13.0 Å². The van der Waals surface area contributed by atoms with Crippen LogP contribution in [0.4, 0.5) is 0 Å². The molecular formula is C18H28O5. The molecular weight excluding hydrogens is 296 g/mol. The second-order valence-corrected chi connectivity index (χ2v) is 5.12. The van der Waals surface area contributed by atoms with Gasteiger partial charge in [0.25, 0.3) is 0 Å². The Morgan fingerprint density at radius 2 is 1.87 bits per heavy atom. The summed E-state index contributed by atoms with van der Waals surface area (Å²) in [6.07, 6.45) is 6.30. The molecule has 130 valence electrons. The molecule has 0 atom stereocenters. The van der Waals surface area contributed by atoms with Crippen LogP contribution >= 0.6 is 0 Å². The van der Waals surface area contributed by atoms with E-state index in [-0.39, 0.29) is 25.7 Å². The second-order valence-electron chi connectivity index (χ2n) is 5.12. The monoisotopic (exact) mass is 324 g/mol. The van der Waals surface area contributed by atoms with E-state index in [1.54, 1.807) is 19.1 Å². The zero-order chi connectivity index (χ0) is 17.7. The summed E-state index contributed by atoms with van der Waals surface area (Å²) in [5.74, 6) is 0.0402. The molecule has 0 heterocycles. The molecule has 2 N–H and O–H groups in total. The maximum atomic E-state index is 11.4. The van der Waals surface area contributed by atoms with Gasteiger partial charge in [0, 0.05) is 31.1 Å². The van der Waals surface area contributed by atoms with Gasteiger partial charge in [0.05, 0.1) is 13.2 Å². The van der Waals surface area contributed by atoms with Crippen molar-refractivity contribution >= 4 is 5.97 Å². The lowest BCUT2D eigenvalue weighted by Crippen LogP contribution is -2.14. The Balaban J connectivity index is 4.54. The van der Waals surface area contributed by atoms with Gasteiger partial charge in [-0.15, -0.1) is 0 Å². The second kappa shape index (κ2) is 12.7. The highest BCUT2D eigenvalue weighted by atomic mass is 16.5. The lowest BCUT2D eigenvalue weighted by molar-refractivity contribution is -0.138. The fourth-order valence-corrected chi connectivity index (χ4v) is 1.72. The first-order valence-electron chi connectivity index (χ1n) is 7.65. The number of allylic oxidation sites excluding steroid dienone is 4. The summed E-state index contributed by atoms with van der Waals surface area (Å²) in [5, 5.41) is 18.1. The third-order valence-corrected chi connectivity index (χ3v) is 3.19. The van der Waals surface area contributed by atoms with Gasteiger partial charge in [0.1, 0.15) is 5.76 Å². The van der Waals surface area contributed by atoms with Gasteiger partial charge < -0.3 is 19.7 Å². The van der Waals surface area contributed by atoms with Crippen LogP contribution in [-0.2, 0) is 14.3 Å². The zero-order valence-electron chi connectivity index (χ0n) is 14.1. The van der Waals surface area contributed by atoms with Crippen molar-refractivity contribution in [3.05, 3.63) is 48.3 Å². The largest absolute Gasteiger partial charge is 0.493 e. The minimum atomic E-state index is -0.413. The van der Waals surface area contributed by atoms with Gasteiger partial charge >= 0.3 is 5.97 Å². The van der Waals surface area contributed by atoms with Gasteiger partial charge in [-0.2, -0.15) is 0 Å². The molecule has 0 aromatic heterocycles. The fraction of sp³-hybridized carbons (Fsp3) is 0.500. The predicted octanol–water partition coefficient (Wildman–Crippen LogP) is 2.52. The summed E-state index contributed by atoms with van der Waals surface area (Å²) < 4.78 is 10.8. The minimum Gasteiger partial charge on any atom is -0.493 e. The first-order chi connectivity index (χ1) is 11.0. The highest BCUT2D eigenvalue weighted by Crippen LogP contribution is 2.17. The molecule has 0 aliphatic heterocycles. The number of carbonyl (C=O) groups excluding carboxylic acids is 1. The van der Waals surface area contributed by atoms with Gasteiger partial charge in [-0.1, -0.05) is 25.3 Å². The molecule has 0 spiro atoms. The Morgan fingerprint density at radius 1 is 1.22 bits per heavy atom. The summed E-state index contributed by atoms with van der Waals surface area (Å²) in [6.45, 7) is 11.1. The molecule has 23 heavy (non-hydrogen) atoms. The van der Waals surface area contributed by atoms with Gasteiger partial charge in [0.15, 0.2) is 0 Å². The molecule has 0 amide bonds. The van der Waals surface area contributed by atoms with Crippen LogP contribution in [0.5, 0.6) is 0 Å². The van der Waals surface area contributed by atoms with Crippen LogP contribution in [-0.4, -0.2) is 42.6 Å². The highest BCUT2D eigenvalue weighted by molar-refractivity contribution is 5.86. The Morgan fingerprint density at radius 3 is 2.35 bits per heavy atom. The highest BCUT2D eigenvalue weighted by Gasteiger charge is 2.10. The number of rotatable bonds is 12. The van der Waals surface area contributed by atoms with Gasteiger partial charge in [0.2, 0.25) is 0 Å². The predicted molar refractivity (Wildman–Crippen MR) is 90.7 cm³/mol. The molecule has 0 aliphatic carbocycles. The number of hydrogen-bond acceptors (Lipinski definition) is 5. The maximum absolute atomic E-state index is 11.4. The topological polar surface area (TPSA) is 76.0 Å². The van der Waals surface area contributed by atoms with E-state index in [1.165, 1.54) is 0 Å². The first kappa shape index (κ1) is 21.1. The van der Waals surface area contributed by atoms with Crippen LogP contribution in [0.1, 0.15) is 26.7 Å². The van der Waals surface area contributed by atoms with Crippen LogP contribution in [0.25, 0.3) is 0 Å². The van der Waals surface area contributed by atoms with Crippen molar-refractivity contribution < 1.29 is 24.5 Å². The smallest absolute Gasteiger partial charge is 0.333 e. The van der Waals surface area contributed by atoms with E-state index in [9.17, 15) is 4.79 Å². The molecule has 0 rings (SSSR count). The molecule has 0 bridgehead atoms. The van der Waals surface area contributed by atoms with Crippen molar-refractivity contribution in [2.45, 2.75) is 26.7 Å². The molecule has 0 aliphatic rings. The molecule has 0 unspecified atom stereocenters. The Labute approximate surface area is 138 Å². The average molecular weight is 324 g/mol. The van der Waals surface area contributed by atoms with E-state index in [2.05, 4.69) is 13.2 Å². The van der Waals surface area contributed by atoms with Crippen molar-refractivity contribution in [1.82, 2.24) is 0 Å². The van der Waals surface area contributed by atoms with Crippen LogP contribution in [0.2, 0.25) is 0 Å². The Hall–Kier alpha value is -1.85. The quantitative estimate of drug-likeness (QED) is 0.250. The van der Waals surface area contributed by atoms with E-state index >= 15 is 0 Å². The van der Waals surface area contributed by atoms with Crippen LogP contribution in [0.3, 0.4) is 0 Å². The minimum absolute atomic E-state index is 0.0757. The van der Waals surface area contributed by atoms with Gasteiger partial charge in [-0.25, -0.2) is 4.79 Å². The Bertz CT molecular complexity index is 444. The lowest BCUT2D eigenvalue weighted by atomic mass is 10.1. The molecule has 0 radical (unpaired) electrons. The number of aliphatic hydroxyl groups is 2. The van der Waals surface area contributed by atoms with Crippen LogP contribution in [0.15, 0.2) is 48.3 Å². The molecule has 0 aromatic carbocycles. The molecule has 5 nitrogen and oxygen atoms in total. The number of hydrogen-bond donors (Lipinski definition) is 2. The SMILES string of the molecule is C=C/C=C(OCCC(CO)CO)\C(=C/C)CCOC(=O)C(=C)C. The van der Waals surface area contributed by atoms with Crippen molar-refractivity contribution in [2.75, 3.05) is 26.4 Å². The number of aliphatic hydroxyl groups excluding tert-OH is 2. The third-order valence-electron chi connectivity index (χ3n) is 3.19. The summed E-state index contributed by atoms with van der Waals surface area (Å²) in [5.41, 5.74) is 1.26. The summed E-state index contributed by atoms with van der Waals surface area (Å²) in [7, 11) is 0. The molecule has 0 saturated heterocycles. The van der Waals surface area contributed by atoms with Gasteiger partial charge in [-0.05, 0) is 31.9 Å². The standard InChI is InChI=1S/C18H28O5/c1-5-7-17(22-10-8-15(12-19)13-20)16(6-2)9-11-23-18(21)14(3)4/h5-7,15,19-20H,1,3,8-13H2,2,4H3/b16-6-,17-7+. The summed E-state index contributed by atoms with van der Waals surface area (Å²) in [6, 6.07) is 0. The van der Waals surface area contributed by atoms with Gasteiger partial charge in [-0.3, -0.25) is 0 Å². The lowest BCUT2D eigenvalue weighted by Gasteiger charge is -2.16. The summed E-state index contributed by atoms with van der Waals surface area (Å²) >= 11 is 0. The van der Waals surface area contributed by atoms with Crippen molar-refractivity contribution in [3.8, 4) is 0 Å². The maximum Gasteiger partial charge on any atom is 0.333 e. The van der Waals surface area contributed by atoms with Crippen molar-refractivity contribution in [2.24, 2.45) is 5.92 Å². The number of carbonyl (C=O) groups is 1. The first-order valence-corrected chi connectivity index (χ1v) is 7.65. The molecule has 0 fully saturated rings. The normalized spacial score (nSPS) is 12.2. The van der Waals surface area contributed by atoms with E-state index in [4.69, 9.17) is 19.7 Å². The van der Waals surface area contributed by atoms with Crippen molar-refractivity contribution in [3.63, 3.8) is 0 Å². The van der Waals surface area contributed by atoms with Crippen molar-refractivity contribution in [1.29, 1.82) is 0 Å². The van der Waals surface area contributed by atoms with Crippen LogP contribution < -0.4 is 0 Å². The number of ether oxygens (including phenoxy) is 2. The summed E-state index contributed by atoms with van der Waals surface area (Å²) in [4.78, 5) is 11.4. The fourth-order valence-electron chi connectivity index (χ4n) is 1.72. The van der Waals surface area contributed by atoms with E-state index in [0.717, 1.165) is 5.57 Å². The van der Waals surface area contributed by atoms with Crippen LogP contribution in [0, 0.1) is 5.92 Å². The van der Waals surface area contributed by atoms with E-state index in [0.29, 0.717) is 30.8 Å². The number of esters is 1. The molecule has 5 heteroatoms. The molecule has 0 aromatic rings.